The summed E-state index contributed by atoms with van der Waals surface area (Å²) in [5.74, 6) is 0.307. The maximum absolute atomic E-state index is 11.2. The van der Waals surface area contributed by atoms with Crippen LogP contribution in [0.3, 0.4) is 0 Å². The zero-order chi connectivity index (χ0) is 9.40. The molecule has 0 bridgehead atoms. The Morgan fingerprint density at radius 3 is 2.50 bits per heavy atom. The van der Waals surface area contributed by atoms with Crippen LogP contribution in [-0.2, 0) is 4.79 Å². The van der Waals surface area contributed by atoms with Crippen molar-refractivity contribution in [2.75, 3.05) is 19.6 Å². The first kappa shape index (κ1) is 11.4. The van der Waals surface area contributed by atoms with Crippen molar-refractivity contribution in [3.8, 4) is 0 Å². The van der Waals surface area contributed by atoms with E-state index in [9.17, 15) is 4.79 Å². The molecule has 0 heterocycles. The Labute approximate surface area is 74.9 Å². The molecule has 1 unspecified atom stereocenters. The summed E-state index contributed by atoms with van der Waals surface area (Å²) < 4.78 is 0. The van der Waals surface area contributed by atoms with Crippen LogP contribution in [0.25, 0.3) is 0 Å². The van der Waals surface area contributed by atoms with Gasteiger partial charge in [-0.05, 0) is 13.0 Å². The molecular formula is C9H20N2O. The van der Waals surface area contributed by atoms with E-state index in [0.717, 1.165) is 26.1 Å². The zero-order valence-electron chi connectivity index (χ0n) is 8.31. The second-order valence-corrected chi connectivity index (χ2v) is 2.95. The molecule has 0 aliphatic heterocycles. The Morgan fingerprint density at radius 2 is 2.00 bits per heavy atom. The molecule has 0 spiro atoms. The van der Waals surface area contributed by atoms with Crippen molar-refractivity contribution >= 4 is 5.91 Å². The molecule has 0 fully saturated rings. The number of nitrogens with one attached hydrogen (secondary N) is 2. The maximum Gasteiger partial charge on any atom is 0.222 e. The van der Waals surface area contributed by atoms with Gasteiger partial charge in [0, 0.05) is 19.0 Å². The molecule has 0 aliphatic rings. The molecule has 3 nitrogen and oxygen atoms in total. The molecule has 0 saturated carbocycles. The van der Waals surface area contributed by atoms with Crippen molar-refractivity contribution in [1.82, 2.24) is 10.6 Å². The monoisotopic (exact) mass is 172 g/mol. The van der Waals surface area contributed by atoms with Crippen LogP contribution < -0.4 is 10.6 Å². The van der Waals surface area contributed by atoms with Crippen LogP contribution in [-0.4, -0.2) is 25.5 Å². The minimum absolute atomic E-state index is 0.145. The largest absolute Gasteiger partial charge is 0.355 e. The van der Waals surface area contributed by atoms with Gasteiger partial charge in [0.2, 0.25) is 5.91 Å². The Hall–Kier alpha value is -0.570. The third kappa shape index (κ3) is 5.13. The van der Waals surface area contributed by atoms with Gasteiger partial charge in [0.1, 0.15) is 0 Å². The highest BCUT2D eigenvalue weighted by molar-refractivity contribution is 5.78. The Balaban J connectivity index is 3.31. The van der Waals surface area contributed by atoms with Crippen LogP contribution >= 0.6 is 0 Å². The maximum atomic E-state index is 11.2. The molecule has 0 aromatic rings. The molecule has 0 aliphatic carbocycles. The highest BCUT2D eigenvalue weighted by Crippen LogP contribution is 1.98. The molecule has 0 radical (unpaired) electrons. The smallest absolute Gasteiger partial charge is 0.222 e. The molecule has 3 heteroatoms. The fourth-order valence-electron chi connectivity index (χ4n) is 0.810. The molecule has 72 valence electrons. The summed E-state index contributed by atoms with van der Waals surface area (Å²) in [5.41, 5.74) is 0. The minimum atomic E-state index is 0.145. The molecular weight excluding hydrogens is 152 g/mol. The van der Waals surface area contributed by atoms with Crippen LogP contribution in [0.5, 0.6) is 0 Å². The van der Waals surface area contributed by atoms with Crippen LogP contribution in [0.1, 0.15) is 27.2 Å². The van der Waals surface area contributed by atoms with Crippen LogP contribution in [0.15, 0.2) is 0 Å². The van der Waals surface area contributed by atoms with E-state index in [1.807, 2.05) is 13.8 Å². The molecule has 2 N–H and O–H groups in total. The van der Waals surface area contributed by atoms with Gasteiger partial charge in [-0.25, -0.2) is 0 Å². The number of hydrogen-bond donors (Lipinski definition) is 2. The lowest BCUT2D eigenvalue weighted by Gasteiger charge is -2.09. The van der Waals surface area contributed by atoms with Crippen molar-refractivity contribution in [2.45, 2.75) is 27.2 Å². The van der Waals surface area contributed by atoms with Crippen molar-refractivity contribution in [2.24, 2.45) is 5.92 Å². The average molecular weight is 172 g/mol. The molecule has 1 amide bonds. The molecule has 1 atom stereocenters. The summed E-state index contributed by atoms with van der Waals surface area (Å²) >= 11 is 0. The molecule has 0 aromatic carbocycles. The van der Waals surface area contributed by atoms with Crippen LogP contribution in [0, 0.1) is 5.92 Å². The van der Waals surface area contributed by atoms with E-state index < -0.39 is 0 Å². The second kappa shape index (κ2) is 7.10. The predicted molar refractivity (Wildman–Crippen MR) is 51.0 cm³/mol. The summed E-state index contributed by atoms with van der Waals surface area (Å²) in [6.07, 6.45) is 0.910. The fourth-order valence-corrected chi connectivity index (χ4v) is 0.810. The van der Waals surface area contributed by atoms with Crippen molar-refractivity contribution in [1.29, 1.82) is 0 Å². The third-order valence-electron chi connectivity index (χ3n) is 1.91. The highest BCUT2D eigenvalue weighted by Gasteiger charge is 2.08. The van der Waals surface area contributed by atoms with E-state index in [1.165, 1.54) is 0 Å². The van der Waals surface area contributed by atoms with Gasteiger partial charge in [0.05, 0.1) is 0 Å². The third-order valence-corrected chi connectivity index (χ3v) is 1.91. The first-order valence-corrected chi connectivity index (χ1v) is 4.70. The van der Waals surface area contributed by atoms with Gasteiger partial charge in [-0.1, -0.05) is 20.8 Å². The Morgan fingerprint density at radius 1 is 1.33 bits per heavy atom. The quantitative estimate of drug-likeness (QED) is 0.581. The van der Waals surface area contributed by atoms with E-state index in [1.54, 1.807) is 0 Å². The van der Waals surface area contributed by atoms with Gasteiger partial charge in [0.25, 0.3) is 0 Å². The summed E-state index contributed by atoms with van der Waals surface area (Å²) in [4.78, 5) is 11.2. The number of hydrogen-bond acceptors (Lipinski definition) is 2. The van der Waals surface area contributed by atoms with Gasteiger partial charge in [-0.15, -0.1) is 0 Å². The number of carbonyl (C=O) groups is 1. The minimum Gasteiger partial charge on any atom is -0.355 e. The molecule has 0 saturated heterocycles. The number of likely N-dealkylation sites (N-methyl/N-ethyl adjacent to an activating group) is 1. The molecule has 0 rings (SSSR count). The molecule has 12 heavy (non-hydrogen) atoms. The van der Waals surface area contributed by atoms with Crippen LogP contribution in [0.4, 0.5) is 0 Å². The van der Waals surface area contributed by atoms with Gasteiger partial charge in [0.15, 0.2) is 0 Å². The van der Waals surface area contributed by atoms with E-state index in [2.05, 4.69) is 17.6 Å². The Bertz CT molecular complexity index is 126. The second-order valence-electron chi connectivity index (χ2n) is 2.95. The van der Waals surface area contributed by atoms with E-state index in [0.29, 0.717) is 0 Å². The van der Waals surface area contributed by atoms with Crippen molar-refractivity contribution in [3.05, 3.63) is 0 Å². The predicted octanol–water partition coefficient (Wildman–Crippen LogP) is 0.758. The number of amides is 1. The van der Waals surface area contributed by atoms with E-state index in [-0.39, 0.29) is 11.8 Å². The number of rotatable bonds is 6. The first-order valence-electron chi connectivity index (χ1n) is 4.70. The lowest BCUT2D eigenvalue weighted by molar-refractivity contribution is -0.124. The average Bonchev–Trinajstić information content (AvgIpc) is 2.10. The van der Waals surface area contributed by atoms with Crippen molar-refractivity contribution < 1.29 is 4.79 Å². The van der Waals surface area contributed by atoms with Gasteiger partial charge in [-0.3, -0.25) is 4.79 Å². The SMILES string of the molecule is CCNCCNC(=O)C(C)CC. The zero-order valence-corrected chi connectivity index (χ0v) is 8.31. The normalized spacial score (nSPS) is 12.6. The molecule has 0 aromatic heterocycles. The lowest BCUT2D eigenvalue weighted by Crippen LogP contribution is -2.34. The Kier molecular flexibility index (Phi) is 6.76. The van der Waals surface area contributed by atoms with Crippen molar-refractivity contribution in [3.63, 3.8) is 0 Å². The van der Waals surface area contributed by atoms with Crippen LogP contribution in [0.2, 0.25) is 0 Å². The van der Waals surface area contributed by atoms with E-state index >= 15 is 0 Å². The topological polar surface area (TPSA) is 41.1 Å². The summed E-state index contributed by atoms with van der Waals surface area (Å²) in [5, 5.41) is 6.01. The van der Waals surface area contributed by atoms with E-state index in [4.69, 9.17) is 0 Å². The summed E-state index contributed by atoms with van der Waals surface area (Å²) in [6.45, 7) is 8.57. The van der Waals surface area contributed by atoms with Gasteiger partial charge < -0.3 is 10.6 Å². The lowest BCUT2D eigenvalue weighted by atomic mass is 10.1. The number of carbonyl (C=O) groups excluding carboxylic acids is 1. The standard InChI is InChI=1S/C9H20N2O/c1-4-8(3)9(12)11-7-6-10-5-2/h8,10H,4-7H2,1-3H3,(H,11,12). The van der Waals surface area contributed by atoms with Gasteiger partial charge in [-0.2, -0.15) is 0 Å². The van der Waals surface area contributed by atoms with Gasteiger partial charge >= 0.3 is 0 Å². The highest BCUT2D eigenvalue weighted by atomic mass is 16.1. The first-order chi connectivity index (χ1) is 5.72. The summed E-state index contributed by atoms with van der Waals surface area (Å²) in [6, 6.07) is 0. The fraction of sp³-hybridized carbons (Fsp3) is 0.889. The summed E-state index contributed by atoms with van der Waals surface area (Å²) in [7, 11) is 0.